The van der Waals surface area contributed by atoms with Crippen LogP contribution in [0, 0.1) is 31.1 Å². The molecule has 0 spiro atoms. The fraction of sp³-hybridized carbons (Fsp3) is 0.440. The second kappa shape index (κ2) is 7.91. The van der Waals surface area contributed by atoms with Gasteiger partial charge >= 0.3 is 0 Å². The molecule has 4 rings (SSSR count). The Morgan fingerprint density at radius 2 is 1.86 bits per heavy atom. The van der Waals surface area contributed by atoms with Crippen molar-refractivity contribution in [2.75, 3.05) is 11.4 Å². The summed E-state index contributed by atoms with van der Waals surface area (Å²) >= 11 is 0. The van der Waals surface area contributed by atoms with Crippen molar-refractivity contribution in [2.45, 2.75) is 60.0 Å². The van der Waals surface area contributed by atoms with Gasteiger partial charge in [0.25, 0.3) is 0 Å². The number of benzene rings is 1. The molecular weight excluding hydrogens is 356 g/mol. The highest BCUT2D eigenvalue weighted by atomic mass is 15.2. The van der Waals surface area contributed by atoms with Gasteiger partial charge in [0.2, 0.25) is 0 Å². The Kier molecular flexibility index (Phi) is 5.32. The van der Waals surface area contributed by atoms with Crippen LogP contribution in [0.1, 0.15) is 54.8 Å². The quantitative estimate of drug-likeness (QED) is 0.580. The van der Waals surface area contributed by atoms with E-state index in [9.17, 15) is 5.26 Å². The Morgan fingerprint density at radius 1 is 1.14 bits per heavy atom. The first kappa shape index (κ1) is 19.5. The first-order valence-electron chi connectivity index (χ1n) is 10.8. The largest absolute Gasteiger partial charge is 0.350 e. The zero-order chi connectivity index (χ0) is 20.5. The van der Waals surface area contributed by atoms with Crippen molar-refractivity contribution in [3.8, 4) is 6.07 Å². The van der Waals surface area contributed by atoms with Gasteiger partial charge in [-0.2, -0.15) is 5.26 Å². The lowest BCUT2D eigenvalue weighted by Crippen LogP contribution is -2.31. The third-order valence-corrected chi connectivity index (χ3v) is 6.74. The second-order valence-corrected chi connectivity index (χ2v) is 8.28. The number of anilines is 1. The third-order valence-electron chi connectivity index (χ3n) is 6.74. The highest BCUT2D eigenvalue weighted by molar-refractivity contribution is 5.94. The maximum Gasteiger partial charge on any atom is 0.155 e. The van der Waals surface area contributed by atoms with Gasteiger partial charge in [0.1, 0.15) is 11.8 Å². The van der Waals surface area contributed by atoms with Crippen LogP contribution >= 0.6 is 0 Å². The van der Waals surface area contributed by atoms with E-state index in [1.165, 1.54) is 46.1 Å². The minimum Gasteiger partial charge on any atom is -0.350 e. The number of hydrogen-bond acceptors (Lipinski definition) is 3. The smallest absolute Gasteiger partial charge is 0.155 e. The molecule has 0 fully saturated rings. The summed E-state index contributed by atoms with van der Waals surface area (Å²) in [5.41, 5.74) is 7.06. The maximum absolute atomic E-state index is 9.63. The number of aromatic nitrogens is 2. The van der Waals surface area contributed by atoms with E-state index in [0.717, 1.165) is 31.9 Å². The molecule has 3 aromatic rings. The Labute approximate surface area is 173 Å². The lowest BCUT2D eigenvalue weighted by molar-refractivity contribution is 0.421. The minimum atomic E-state index is 0.508. The number of aryl methyl sites for hydroxylation is 1. The normalized spacial score (nSPS) is 13.7. The van der Waals surface area contributed by atoms with Crippen LogP contribution < -0.4 is 4.90 Å². The first-order valence-corrected chi connectivity index (χ1v) is 10.8. The molecule has 1 aliphatic heterocycles. The molecule has 0 saturated carbocycles. The van der Waals surface area contributed by atoms with E-state index in [2.05, 4.69) is 67.5 Å². The predicted octanol–water partition coefficient (Wildman–Crippen LogP) is 5.52. The summed E-state index contributed by atoms with van der Waals surface area (Å²) in [5, 5.41) is 10.8. The van der Waals surface area contributed by atoms with Crippen molar-refractivity contribution < 1.29 is 0 Å². The molecule has 0 aliphatic carbocycles. The molecule has 29 heavy (non-hydrogen) atoms. The van der Waals surface area contributed by atoms with Crippen LogP contribution in [0.3, 0.4) is 0 Å². The molecule has 1 aliphatic rings. The molecule has 4 nitrogen and oxygen atoms in total. The Morgan fingerprint density at radius 3 is 2.55 bits per heavy atom. The molecule has 1 aromatic carbocycles. The molecule has 0 N–H and O–H groups in total. The SMILES string of the molecule is CCC(CC)Cn1c(C)c(C)c2cc(C#N)nc(N3CCc4ccccc4C3)c21. The molecule has 3 heterocycles. The molecular formula is C25H30N4. The summed E-state index contributed by atoms with van der Waals surface area (Å²) in [5.74, 6) is 1.62. The molecule has 0 amide bonds. The van der Waals surface area contributed by atoms with Crippen molar-refractivity contribution >= 4 is 16.7 Å². The number of nitrogens with zero attached hydrogens (tertiary/aromatic N) is 4. The van der Waals surface area contributed by atoms with E-state index in [1.807, 2.05) is 6.07 Å². The number of nitriles is 1. The molecule has 0 saturated heterocycles. The molecule has 0 unspecified atom stereocenters. The van der Waals surface area contributed by atoms with E-state index in [1.54, 1.807) is 0 Å². The minimum absolute atomic E-state index is 0.508. The van der Waals surface area contributed by atoms with Crippen LogP contribution in [0.4, 0.5) is 5.82 Å². The maximum atomic E-state index is 9.63. The highest BCUT2D eigenvalue weighted by Gasteiger charge is 2.24. The van der Waals surface area contributed by atoms with Gasteiger partial charge in [0.15, 0.2) is 5.82 Å². The number of pyridine rings is 1. The standard InChI is InChI=1S/C25H30N4/c1-5-19(6-2)15-29-18(4)17(3)23-13-22(14-26)27-25(24(23)29)28-12-11-20-9-7-8-10-21(20)16-28/h7-10,13,19H,5-6,11-12,15-16H2,1-4H3. The molecule has 4 heteroatoms. The van der Waals surface area contributed by atoms with Gasteiger partial charge in [0.05, 0.1) is 5.52 Å². The first-order chi connectivity index (χ1) is 14.1. The number of fused-ring (bicyclic) bond motifs is 2. The average Bonchev–Trinajstić information content (AvgIpc) is 3.00. The van der Waals surface area contributed by atoms with Crippen LogP contribution in [-0.2, 0) is 19.5 Å². The van der Waals surface area contributed by atoms with Gasteiger partial charge in [-0.1, -0.05) is 51.0 Å². The van der Waals surface area contributed by atoms with Crippen LogP contribution in [0.5, 0.6) is 0 Å². The summed E-state index contributed by atoms with van der Waals surface area (Å²) in [6.45, 7) is 11.7. The molecule has 2 aromatic heterocycles. The van der Waals surface area contributed by atoms with Crippen molar-refractivity contribution in [1.29, 1.82) is 5.26 Å². The van der Waals surface area contributed by atoms with Gasteiger partial charge in [-0.15, -0.1) is 0 Å². The van der Waals surface area contributed by atoms with E-state index >= 15 is 0 Å². The zero-order valence-corrected chi connectivity index (χ0v) is 18.0. The third kappa shape index (κ3) is 3.40. The van der Waals surface area contributed by atoms with E-state index in [4.69, 9.17) is 4.98 Å². The fourth-order valence-corrected chi connectivity index (χ4v) is 4.63. The van der Waals surface area contributed by atoms with Crippen LogP contribution in [-0.4, -0.2) is 16.1 Å². The van der Waals surface area contributed by atoms with Gasteiger partial charge in [-0.3, -0.25) is 0 Å². The lowest BCUT2D eigenvalue weighted by Gasteiger charge is -2.31. The predicted molar refractivity (Wildman–Crippen MR) is 119 cm³/mol. The average molecular weight is 387 g/mol. The number of hydrogen-bond donors (Lipinski definition) is 0. The van der Waals surface area contributed by atoms with E-state index in [-0.39, 0.29) is 0 Å². The summed E-state index contributed by atoms with van der Waals surface area (Å²) in [6.07, 6.45) is 3.36. The zero-order valence-electron chi connectivity index (χ0n) is 18.0. The van der Waals surface area contributed by atoms with Gasteiger partial charge in [-0.25, -0.2) is 4.98 Å². The van der Waals surface area contributed by atoms with E-state index in [0.29, 0.717) is 11.6 Å². The summed E-state index contributed by atoms with van der Waals surface area (Å²) < 4.78 is 2.46. The highest BCUT2D eigenvalue weighted by Crippen LogP contribution is 2.35. The topological polar surface area (TPSA) is 44.9 Å². The van der Waals surface area contributed by atoms with E-state index < -0.39 is 0 Å². The number of rotatable bonds is 5. The van der Waals surface area contributed by atoms with Crippen LogP contribution in [0.15, 0.2) is 30.3 Å². The summed E-state index contributed by atoms with van der Waals surface area (Å²) in [6, 6.07) is 12.9. The molecule has 0 bridgehead atoms. The van der Waals surface area contributed by atoms with Crippen LogP contribution in [0.25, 0.3) is 10.9 Å². The molecule has 0 radical (unpaired) electrons. The van der Waals surface area contributed by atoms with Crippen LogP contribution in [0.2, 0.25) is 0 Å². The van der Waals surface area contributed by atoms with Crippen molar-refractivity contribution in [3.05, 3.63) is 58.4 Å². The van der Waals surface area contributed by atoms with Gasteiger partial charge < -0.3 is 9.47 Å². The fourth-order valence-electron chi connectivity index (χ4n) is 4.63. The molecule has 150 valence electrons. The van der Waals surface area contributed by atoms with Gasteiger partial charge in [0, 0.05) is 30.7 Å². The Hall–Kier alpha value is -2.80. The molecule has 0 atom stereocenters. The van der Waals surface area contributed by atoms with Crippen molar-refractivity contribution in [1.82, 2.24) is 9.55 Å². The summed E-state index contributed by atoms with van der Waals surface area (Å²) in [4.78, 5) is 7.20. The van der Waals surface area contributed by atoms with Crippen molar-refractivity contribution in [3.63, 3.8) is 0 Å². The Balaban J connectivity index is 1.89. The summed E-state index contributed by atoms with van der Waals surface area (Å²) in [7, 11) is 0. The lowest BCUT2D eigenvalue weighted by atomic mass is 9.99. The second-order valence-electron chi connectivity index (χ2n) is 8.28. The monoisotopic (exact) mass is 386 g/mol. The van der Waals surface area contributed by atoms with Gasteiger partial charge in [-0.05, 0) is 48.9 Å². The van der Waals surface area contributed by atoms with Crippen molar-refractivity contribution in [2.24, 2.45) is 5.92 Å². The Bertz CT molecular complexity index is 1080.